The third-order valence-electron chi connectivity index (χ3n) is 4.26. The van der Waals surface area contributed by atoms with Crippen LogP contribution in [0.25, 0.3) is 0 Å². The van der Waals surface area contributed by atoms with Crippen LogP contribution in [0, 0.1) is 0 Å². The molecule has 1 saturated heterocycles. The van der Waals surface area contributed by atoms with Gasteiger partial charge in [-0.1, -0.05) is 19.8 Å². The van der Waals surface area contributed by atoms with Crippen LogP contribution >= 0.6 is 0 Å². The maximum Gasteiger partial charge on any atom is 0.306 e. The second kappa shape index (κ2) is 7.13. The Kier molecular flexibility index (Phi) is 5.48. The summed E-state index contributed by atoms with van der Waals surface area (Å²) in [6, 6.07) is 0.500. The minimum absolute atomic E-state index is 0.00593. The number of carbonyl (C=O) groups is 1. The Morgan fingerprint density at radius 2 is 1.83 bits per heavy atom. The molecule has 2 fully saturated rings. The molecule has 0 bridgehead atoms. The molecule has 2 aliphatic rings. The Labute approximate surface area is 111 Å². The first-order valence-electron chi connectivity index (χ1n) is 7.75. The van der Waals surface area contributed by atoms with Crippen molar-refractivity contribution in [3.05, 3.63) is 0 Å². The lowest BCUT2D eigenvalue weighted by molar-refractivity contribution is -0.155. The Hall–Kier alpha value is -0.570. The molecule has 1 aliphatic heterocycles. The molecule has 0 aromatic heterocycles. The summed E-state index contributed by atoms with van der Waals surface area (Å²) in [6.07, 6.45) is 10.4. The van der Waals surface area contributed by atoms with E-state index >= 15 is 0 Å². The second-order valence-electron chi connectivity index (χ2n) is 5.73. The number of ether oxygens (including phenoxy) is 1. The monoisotopic (exact) mass is 253 g/mol. The Bertz CT molecular complexity index is 261. The Balaban J connectivity index is 1.90. The third-order valence-corrected chi connectivity index (χ3v) is 4.26. The van der Waals surface area contributed by atoms with Gasteiger partial charge >= 0.3 is 5.97 Å². The van der Waals surface area contributed by atoms with Gasteiger partial charge in [0.15, 0.2) is 0 Å². The first kappa shape index (κ1) is 13.9. The molecule has 0 aromatic carbocycles. The number of esters is 1. The number of piperidine rings is 1. The van der Waals surface area contributed by atoms with Crippen molar-refractivity contribution in [2.24, 2.45) is 0 Å². The van der Waals surface area contributed by atoms with E-state index in [9.17, 15) is 4.79 Å². The molecule has 0 spiro atoms. The van der Waals surface area contributed by atoms with Crippen molar-refractivity contribution in [1.82, 2.24) is 4.90 Å². The van der Waals surface area contributed by atoms with Gasteiger partial charge in [0.25, 0.3) is 0 Å². The lowest BCUT2D eigenvalue weighted by Gasteiger charge is -2.41. The summed E-state index contributed by atoms with van der Waals surface area (Å²) in [5.74, 6) is 0.00593. The van der Waals surface area contributed by atoms with E-state index in [2.05, 4.69) is 4.90 Å². The Morgan fingerprint density at radius 3 is 2.56 bits per heavy atom. The third kappa shape index (κ3) is 3.71. The van der Waals surface area contributed by atoms with E-state index in [1.54, 1.807) is 0 Å². The van der Waals surface area contributed by atoms with Crippen molar-refractivity contribution in [2.45, 2.75) is 76.9 Å². The molecule has 0 N–H and O–H groups in total. The van der Waals surface area contributed by atoms with Gasteiger partial charge in [-0.2, -0.15) is 0 Å². The zero-order valence-corrected chi connectivity index (χ0v) is 11.7. The van der Waals surface area contributed by atoms with Crippen molar-refractivity contribution in [1.29, 1.82) is 0 Å². The zero-order valence-electron chi connectivity index (χ0n) is 11.7. The van der Waals surface area contributed by atoms with E-state index in [0.717, 1.165) is 12.8 Å². The van der Waals surface area contributed by atoms with Crippen LogP contribution in [0.2, 0.25) is 0 Å². The molecule has 0 radical (unpaired) electrons. The summed E-state index contributed by atoms with van der Waals surface area (Å²) in [4.78, 5) is 14.3. The van der Waals surface area contributed by atoms with Gasteiger partial charge in [0, 0.05) is 12.5 Å². The molecule has 2 rings (SSSR count). The van der Waals surface area contributed by atoms with E-state index in [1.807, 2.05) is 6.92 Å². The van der Waals surface area contributed by atoms with E-state index in [1.165, 1.54) is 51.6 Å². The molecule has 3 nitrogen and oxygen atoms in total. The van der Waals surface area contributed by atoms with Crippen LogP contribution in [0.5, 0.6) is 0 Å². The summed E-state index contributed by atoms with van der Waals surface area (Å²) >= 11 is 0. The highest BCUT2D eigenvalue weighted by Crippen LogP contribution is 2.28. The highest BCUT2D eigenvalue weighted by atomic mass is 16.5. The van der Waals surface area contributed by atoms with Crippen LogP contribution in [0.3, 0.4) is 0 Å². The summed E-state index contributed by atoms with van der Waals surface area (Å²) in [5.41, 5.74) is 0. The molecule has 3 heteroatoms. The smallest absolute Gasteiger partial charge is 0.306 e. The summed E-state index contributed by atoms with van der Waals surface area (Å²) in [6.45, 7) is 4.43. The van der Waals surface area contributed by atoms with E-state index in [4.69, 9.17) is 4.74 Å². The highest BCUT2D eigenvalue weighted by Gasteiger charge is 2.33. The van der Waals surface area contributed by atoms with Crippen molar-refractivity contribution < 1.29 is 9.53 Å². The van der Waals surface area contributed by atoms with Gasteiger partial charge in [0.05, 0.1) is 0 Å². The van der Waals surface area contributed by atoms with Crippen LogP contribution in [0.4, 0.5) is 0 Å². The average molecular weight is 253 g/mol. The van der Waals surface area contributed by atoms with Gasteiger partial charge in [-0.05, 0) is 51.6 Å². The second-order valence-corrected chi connectivity index (χ2v) is 5.73. The van der Waals surface area contributed by atoms with Crippen molar-refractivity contribution in [3.63, 3.8) is 0 Å². The SMILES string of the molecule is CCCC(=O)O[C@@H]1CCCC[C@H]1N1CCCCC1. The molecule has 2 atom stereocenters. The topological polar surface area (TPSA) is 29.5 Å². The molecule has 104 valence electrons. The first-order valence-corrected chi connectivity index (χ1v) is 7.75. The number of carbonyl (C=O) groups excluding carboxylic acids is 1. The van der Waals surface area contributed by atoms with Crippen LogP contribution in [-0.4, -0.2) is 36.1 Å². The average Bonchev–Trinajstić information content (AvgIpc) is 2.40. The van der Waals surface area contributed by atoms with Gasteiger partial charge in [-0.25, -0.2) is 0 Å². The van der Waals surface area contributed by atoms with E-state index in [0.29, 0.717) is 12.5 Å². The molecule has 0 amide bonds. The highest BCUT2D eigenvalue weighted by molar-refractivity contribution is 5.69. The fourth-order valence-corrected chi connectivity index (χ4v) is 3.31. The molecule has 0 aromatic rings. The predicted octanol–water partition coefficient (Wildman–Crippen LogP) is 3.13. The van der Waals surface area contributed by atoms with Crippen molar-refractivity contribution in [2.75, 3.05) is 13.1 Å². The van der Waals surface area contributed by atoms with Gasteiger partial charge in [0.2, 0.25) is 0 Å². The van der Waals surface area contributed by atoms with Crippen LogP contribution in [0.1, 0.15) is 64.7 Å². The van der Waals surface area contributed by atoms with Gasteiger partial charge in [-0.15, -0.1) is 0 Å². The molecular weight excluding hydrogens is 226 g/mol. The standard InChI is InChI=1S/C15H27NO2/c1-2-8-15(17)18-14-10-5-4-9-13(14)16-11-6-3-7-12-16/h13-14H,2-12H2,1H3/t13-,14-/m1/s1. The van der Waals surface area contributed by atoms with Gasteiger partial charge in [-0.3, -0.25) is 9.69 Å². The zero-order chi connectivity index (χ0) is 12.8. The molecule has 18 heavy (non-hydrogen) atoms. The number of likely N-dealkylation sites (tertiary alicyclic amines) is 1. The Morgan fingerprint density at radius 1 is 1.11 bits per heavy atom. The quantitative estimate of drug-likeness (QED) is 0.721. The van der Waals surface area contributed by atoms with Crippen LogP contribution in [-0.2, 0) is 9.53 Å². The molecule has 1 saturated carbocycles. The summed E-state index contributed by atoms with van der Waals surface area (Å²) in [7, 11) is 0. The minimum atomic E-state index is 0.00593. The van der Waals surface area contributed by atoms with Crippen molar-refractivity contribution in [3.8, 4) is 0 Å². The van der Waals surface area contributed by atoms with Gasteiger partial charge in [0.1, 0.15) is 6.10 Å². The molecular formula is C15H27NO2. The largest absolute Gasteiger partial charge is 0.461 e. The van der Waals surface area contributed by atoms with Crippen LogP contribution in [0.15, 0.2) is 0 Å². The first-order chi connectivity index (χ1) is 8.81. The lowest BCUT2D eigenvalue weighted by Crippen LogP contribution is -2.49. The number of hydrogen-bond donors (Lipinski definition) is 0. The number of nitrogens with zero attached hydrogens (tertiary/aromatic N) is 1. The molecule has 0 unspecified atom stereocenters. The van der Waals surface area contributed by atoms with Gasteiger partial charge < -0.3 is 4.74 Å². The fraction of sp³-hybridized carbons (Fsp3) is 0.933. The number of rotatable bonds is 4. The lowest BCUT2D eigenvalue weighted by atomic mass is 9.90. The van der Waals surface area contributed by atoms with Crippen molar-refractivity contribution >= 4 is 5.97 Å². The summed E-state index contributed by atoms with van der Waals surface area (Å²) in [5, 5.41) is 0. The molecule has 1 heterocycles. The number of hydrogen-bond acceptors (Lipinski definition) is 3. The maximum atomic E-state index is 11.7. The minimum Gasteiger partial charge on any atom is -0.461 e. The summed E-state index contributed by atoms with van der Waals surface area (Å²) < 4.78 is 5.72. The molecule has 1 aliphatic carbocycles. The van der Waals surface area contributed by atoms with Crippen LogP contribution < -0.4 is 0 Å². The normalized spacial score (nSPS) is 30.1. The maximum absolute atomic E-state index is 11.7. The predicted molar refractivity (Wildman–Crippen MR) is 72.5 cm³/mol. The fourth-order valence-electron chi connectivity index (χ4n) is 3.31. The van der Waals surface area contributed by atoms with E-state index in [-0.39, 0.29) is 12.1 Å². The van der Waals surface area contributed by atoms with E-state index < -0.39 is 0 Å².